The van der Waals surface area contributed by atoms with Gasteiger partial charge in [0.2, 0.25) is 0 Å². The van der Waals surface area contributed by atoms with Crippen LogP contribution in [0.3, 0.4) is 0 Å². The number of anilines is 1. The topological polar surface area (TPSA) is 106 Å². The van der Waals surface area contributed by atoms with Crippen molar-refractivity contribution >= 4 is 30.1 Å². The third-order valence-corrected chi connectivity index (χ3v) is 7.88. The first-order valence-corrected chi connectivity index (χ1v) is 13.4. The van der Waals surface area contributed by atoms with Crippen molar-refractivity contribution < 1.29 is 50.7 Å². The summed E-state index contributed by atoms with van der Waals surface area (Å²) in [5, 5.41) is 13.9. The Kier molecular flexibility index (Phi) is 8.54. The van der Waals surface area contributed by atoms with Gasteiger partial charge < -0.3 is 29.8 Å². The molecule has 0 saturated carbocycles. The van der Waals surface area contributed by atoms with Crippen LogP contribution in [0.5, 0.6) is 5.75 Å². The summed E-state index contributed by atoms with van der Waals surface area (Å²) in [5.41, 5.74) is -0.971. The van der Waals surface area contributed by atoms with Gasteiger partial charge in [0.1, 0.15) is 35.0 Å². The van der Waals surface area contributed by atoms with E-state index in [1.807, 2.05) is 33.0 Å². The van der Waals surface area contributed by atoms with Gasteiger partial charge in [-0.05, 0) is 70.7 Å². The number of alkyl halides is 3. The molecule has 0 unspecified atom stereocenters. The highest BCUT2D eigenvalue weighted by Crippen LogP contribution is 2.38. The number of ether oxygens (including phenoxy) is 1. The molecule has 2 heterocycles. The van der Waals surface area contributed by atoms with E-state index in [9.17, 15) is 36.6 Å². The molecule has 0 aromatic heterocycles. The van der Waals surface area contributed by atoms with Crippen molar-refractivity contribution in [2.24, 2.45) is 0 Å². The van der Waals surface area contributed by atoms with Gasteiger partial charge in [0, 0.05) is 17.6 Å². The molecule has 1 amide bonds. The number of carboxylic acids is 1. The van der Waals surface area contributed by atoms with Crippen LogP contribution in [0.25, 0.3) is 0 Å². The molecule has 4 rings (SSSR count). The molecule has 0 radical (unpaired) electrons. The Bertz CT molecular complexity index is 1340. The molecular formula is C28H32BF5N2O6. The van der Waals surface area contributed by atoms with Crippen LogP contribution in [0.15, 0.2) is 24.3 Å². The Morgan fingerprint density at radius 3 is 2.21 bits per heavy atom. The van der Waals surface area contributed by atoms with E-state index in [0.717, 1.165) is 6.92 Å². The first-order valence-electron chi connectivity index (χ1n) is 13.4. The fourth-order valence-corrected chi connectivity index (χ4v) is 4.76. The van der Waals surface area contributed by atoms with E-state index < -0.39 is 71.3 Å². The minimum Gasteiger partial charge on any atom is -0.494 e. The summed E-state index contributed by atoms with van der Waals surface area (Å²) in [5.74, 6) is -5.23. The number of fused-ring (bicyclic) bond motifs is 1. The molecule has 1 fully saturated rings. The highest BCUT2D eigenvalue weighted by atomic mass is 19.4. The van der Waals surface area contributed by atoms with Crippen molar-refractivity contribution in [2.75, 3.05) is 11.9 Å². The number of rotatable bonds is 8. The van der Waals surface area contributed by atoms with Crippen LogP contribution >= 0.6 is 0 Å². The fraction of sp³-hybridized carbons (Fsp3) is 0.500. The predicted molar refractivity (Wildman–Crippen MR) is 144 cm³/mol. The molecule has 14 heteroatoms. The lowest BCUT2D eigenvalue weighted by Gasteiger charge is -2.32. The summed E-state index contributed by atoms with van der Waals surface area (Å²) in [6.07, 6.45) is -3.71. The van der Waals surface area contributed by atoms with Crippen molar-refractivity contribution in [1.82, 2.24) is 5.32 Å². The number of carboxylic acid groups (broad SMARTS) is 1. The average Bonchev–Trinajstić information content (AvgIpc) is 3.08. The maximum Gasteiger partial charge on any atom is 0.498 e. The molecule has 0 spiro atoms. The van der Waals surface area contributed by atoms with Crippen LogP contribution in [0, 0.1) is 11.6 Å². The Labute approximate surface area is 240 Å². The molecule has 228 valence electrons. The fourth-order valence-electron chi connectivity index (χ4n) is 4.76. The first-order chi connectivity index (χ1) is 19.4. The summed E-state index contributed by atoms with van der Waals surface area (Å²) >= 11 is 0. The van der Waals surface area contributed by atoms with Gasteiger partial charge in [0.05, 0.1) is 17.8 Å². The lowest BCUT2D eigenvalue weighted by molar-refractivity contribution is -0.139. The number of hydrogen-bond acceptors (Lipinski definition) is 6. The molecule has 1 saturated heterocycles. The second-order valence-corrected chi connectivity index (χ2v) is 11.5. The Balaban J connectivity index is 1.57. The molecule has 2 aromatic rings. The summed E-state index contributed by atoms with van der Waals surface area (Å²) < 4.78 is 86.1. The zero-order valence-electron chi connectivity index (χ0n) is 23.7. The number of carbonyl (C=O) groups excluding carboxylic acids is 1. The predicted octanol–water partition coefficient (Wildman–Crippen LogP) is 4.38. The van der Waals surface area contributed by atoms with Gasteiger partial charge in [0.25, 0.3) is 5.91 Å². The first kappa shape index (κ1) is 31.5. The van der Waals surface area contributed by atoms with Crippen molar-refractivity contribution in [3.8, 4) is 5.75 Å². The van der Waals surface area contributed by atoms with Gasteiger partial charge in [-0.2, -0.15) is 13.2 Å². The average molecular weight is 598 g/mol. The summed E-state index contributed by atoms with van der Waals surface area (Å²) in [7, 11) is -0.728. The number of benzene rings is 2. The smallest absolute Gasteiger partial charge is 0.494 e. The Hall–Kier alpha value is -3.39. The molecule has 2 aromatic carbocycles. The SMILES string of the molecule is C[C@@H](Nc1cc(F)c(C(=O)N[C@@H](Cc2ccc(B3OC(C)(C)C(C)(C)O3)c3c2CCCO3)C(=O)O)c(F)c1)C(F)(F)F. The van der Waals surface area contributed by atoms with Crippen LogP contribution in [0.4, 0.5) is 27.6 Å². The molecule has 2 aliphatic rings. The highest BCUT2D eigenvalue weighted by Gasteiger charge is 2.53. The molecule has 2 atom stereocenters. The Morgan fingerprint density at radius 1 is 1.07 bits per heavy atom. The monoisotopic (exact) mass is 598 g/mol. The number of aliphatic carboxylic acids is 1. The second kappa shape index (κ2) is 11.4. The van der Waals surface area contributed by atoms with Crippen LogP contribution in [0.1, 0.15) is 62.5 Å². The van der Waals surface area contributed by atoms with Crippen LogP contribution in [0.2, 0.25) is 0 Å². The van der Waals surface area contributed by atoms with Crippen LogP contribution < -0.4 is 20.8 Å². The van der Waals surface area contributed by atoms with Crippen molar-refractivity contribution in [1.29, 1.82) is 0 Å². The van der Waals surface area contributed by atoms with E-state index in [-0.39, 0.29) is 6.42 Å². The zero-order valence-corrected chi connectivity index (χ0v) is 23.7. The number of amides is 1. The van der Waals surface area contributed by atoms with Gasteiger partial charge >= 0.3 is 19.3 Å². The summed E-state index contributed by atoms with van der Waals surface area (Å²) in [6.45, 7) is 8.83. The maximum absolute atomic E-state index is 14.7. The third kappa shape index (κ3) is 6.34. The van der Waals surface area contributed by atoms with Gasteiger partial charge in [-0.3, -0.25) is 4.79 Å². The minimum absolute atomic E-state index is 0.234. The molecule has 3 N–H and O–H groups in total. The standard InChI is InChI=1S/C28H32BF5N2O6/c1-14(28(32,33)34)35-16-12-19(30)22(20(31)13-16)24(37)36-21(25(38)39)11-15-8-9-18(23-17(15)7-6-10-40-23)29-41-26(2,3)27(4,5)42-29/h8-9,12-14,21,35H,6-7,10-11H2,1-5H3,(H,36,37)(H,38,39)/t14-,21+/m1/s1. The van der Waals surface area contributed by atoms with Crippen molar-refractivity contribution in [3.63, 3.8) is 0 Å². The van der Waals surface area contributed by atoms with Gasteiger partial charge in [-0.25, -0.2) is 13.6 Å². The van der Waals surface area contributed by atoms with E-state index in [4.69, 9.17) is 14.0 Å². The van der Waals surface area contributed by atoms with Crippen LogP contribution in [-0.4, -0.2) is 60.2 Å². The quantitative estimate of drug-likeness (QED) is 0.306. The van der Waals surface area contributed by atoms with E-state index in [1.54, 1.807) is 12.1 Å². The minimum atomic E-state index is -4.68. The Morgan fingerprint density at radius 2 is 1.67 bits per heavy atom. The molecule has 0 aliphatic carbocycles. The molecule has 42 heavy (non-hydrogen) atoms. The largest absolute Gasteiger partial charge is 0.498 e. The van der Waals surface area contributed by atoms with E-state index in [1.165, 1.54) is 0 Å². The van der Waals surface area contributed by atoms with E-state index in [2.05, 4.69) is 5.32 Å². The molecule has 8 nitrogen and oxygen atoms in total. The summed E-state index contributed by atoms with van der Waals surface area (Å²) in [6, 6.07) is 0.761. The van der Waals surface area contributed by atoms with E-state index >= 15 is 0 Å². The maximum atomic E-state index is 14.7. The van der Waals surface area contributed by atoms with Gasteiger partial charge in [0.15, 0.2) is 0 Å². The third-order valence-electron chi connectivity index (χ3n) is 7.88. The molecule has 0 bridgehead atoms. The van der Waals surface area contributed by atoms with E-state index in [0.29, 0.717) is 53.9 Å². The number of halogens is 5. The van der Waals surface area contributed by atoms with Gasteiger partial charge in [-0.15, -0.1) is 0 Å². The zero-order chi connectivity index (χ0) is 31.2. The number of carbonyl (C=O) groups is 2. The molecular weight excluding hydrogens is 566 g/mol. The number of hydrogen-bond donors (Lipinski definition) is 3. The van der Waals surface area contributed by atoms with Crippen molar-refractivity contribution in [2.45, 2.75) is 83.3 Å². The summed E-state index contributed by atoms with van der Waals surface area (Å²) in [4.78, 5) is 24.9. The molecule has 2 aliphatic heterocycles. The highest BCUT2D eigenvalue weighted by molar-refractivity contribution is 6.63. The lowest BCUT2D eigenvalue weighted by atomic mass is 9.75. The van der Waals surface area contributed by atoms with Crippen LogP contribution in [-0.2, 0) is 26.9 Å². The lowest BCUT2D eigenvalue weighted by Crippen LogP contribution is -2.43. The normalized spacial score (nSPS) is 19.0. The second-order valence-electron chi connectivity index (χ2n) is 11.5. The van der Waals surface area contributed by atoms with Gasteiger partial charge in [-0.1, -0.05) is 12.1 Å². The van der Waals surface area contributed by atoms with Crippen molar-refractivity contribution in [3.05, 3.63) is 52.6 Å². The number of nitrogens with one attached hydrogen (secondary N) is 2.